The summed E-state index contributed by atoms with van der Waals surface area (Å²) in [5.74, 6) is 1.90. The Bertz CT molecular complexity index is 889. The first-order chi connectivity index (χ1) is 15.5. The van der Waals surface area contributed by atoms with Crippen LogP contribution in [-0.2, 0) is 17.9 Å². The minimum atomic E-state index is 0.119. The van der Waals surface area contributed by atoms with Crippen molar-refractivity contribution in [3.8, 4) is 11.5 Å². The number of carbonyl (C=O) groups is 1. The molecule has 1 fully saturated rings. The van der Waals surface area contributed by atoms with E-state index in [9.17, 15) is 4.79 Å². The monoisotopic (exact) mass is 436 g/mol. The van der Waals surface area contributed by atoms with Crippen molar-refractivity contribution >= 4 is 5.91 Å². The minimum Gasteiger partial charge on any atom is -0.493 e. The Hall–Kier alpha value is -2.79. The summed E-state index contributed by atoms with van der Waals surface area (Å²) < 4.78 is 11.6. The first-order valence-corrected chi connectivity index (χ1v) is 11.5. The van der Waals surface area contributed by atoms with Crippen molar-refractivity contribution in [3.05, 3.63) is 71.8 Å². The van der Waals surface area contributed by atoms with E-state index in [4.69, 9.17) is 9.47 Å². The van der Waals surface area contributed by atoms with Gasteiger partial charge < -0.3 is 14.4 Å². The third kappa shape index (κ3) is 6.60. The molecular weight excluding hydrogens is 400 g/mol. The Morgan fingerprint density at radius 1 is 1.09 bits per heavy atom. The summed E-state index contributed by atoms with van der Waals surface area (Å²) in [6.07, 6.45) is 1.81. The Morgan fingerprint density at radius 3 is 2.44 bits per heavy atom. The average Bonchev–Trinajstić information content (AvgIpc) is 2.82. The maximum atomic E-state index is 12.9. The lowest BCUT2D eigenvalue weighted by atomic mass is 9.94. The van der Waals surface area contributed by atoms with E-state index in [0.717, 1.165) is 61.7 Å². The molecule has 1 heterocycles. The molecule has 32 heavy (non-hydrogen) atoms. The number of rotatable bonds is 10. The second-order valence-corrected chi connectivity index (χ2v) is 8.62. The number of hydrogen-bond acceptors (Lipinski definition) is 4. The molecule has 2 aromatic carbocycles. The topological polar surface area (TPSA) is 42.0 Å². The molecule has 0 aromatic heterocycles. The smallest absolute Gasteiger partial charge is 0.226 e. The molecule has 0 bridgehead atoms. The van der Waals surface area contributed by atoms with Crippen LogP contribution in [0.15, 0.2) is 60.7 Å². The van der Waals surface area contributed by atoms with Gasteiger partial charge in [-0.3, -0.25) is 9.69 Å². The summed E-state index contributed by atoms with van der Waals surface area (Å²) in [6, 6.07) is 16.3. The predicted octanol–water partition coefficient (Wildman–Crippen LogP) is 4.91. The van der Waals surface area contributed by atoms with Gasteiger partial charge in [-0.1, -0.05) is 48.6 Å². The number of benzene rings is 2. The largest absolute Gasteiger partial charge is 0.493 e. The zero-order valence-corrected chi connectivity index (χ0v) is 19.7. The van der Waals surface area contributed by atoms with Crippen LogP contribution < -0.4 is 9.47 Å². The van der Waals surface area contributed by atoms with Crippen LogP contribution in [0.2, 0.25) is 0 Å². The van der Waals surface area contributed by atoms with Gasteiger partial charge in [-0.25, -0.2) is 0 Å². The van der Waals surface area contributed by atoms with Gasteiger partial charge in [-0.2, -0.15) is 0 Å². The third-order valence-electron chi connectivity index (χ3n) is 5.96. The molecule has 1 amide bonds. The summed E-state index contributed by atoms with van der Waals surface area (Å²) in [5.41, 5.74) is 3.35. The van der Waals surface area contributed by atoms with Crippen molar-refractivity contribution in [2.45, 2.75) is 39.8 Å². The number of amides is 1. The fourth-order valence-corrected chi connectivity index (χ4v) is 4.19. The highest BCUT2D eigenvalue weighted by Crippen LogP contribution is 2.30. The van der Waals surface area contributed by atoms with Gasteiger partial charge >= 0.3 is 0 Å². The number of nitrogens with zero attached hydrogens (tertiary/aromatic N) is 2. The highest BCUT2D eigenvalue weighted by Gasteiger charge is 2.28. The zero-order chi connectivity index (χ0) is 22.9. The Labute approximate surface area is 192 Å². The molecular formula is C27H36N2O3. The van der Waals surface area contributed by atoms with Crippen molar-refractivity contribution in [1.82, 2.24) is 9.80 Å². The molecule has 2 aromatic rings. The lowest BCUT2D eigenvalue weighted by molar-refractivity contribution is -0.136. The Balaban J connectivity index is 1.53. The SMILES string of the molecule is C=C(C)CN(CC)C(=O)C1CCN(Cc2ccc(OCc3ccccc3)c(OC)c2)CC1. The van der Waals surface area contributed by atoms with Crippen LogP contribution in [0.5, 0.6) is 11.5 Å². The Morgan fingerprint density at radius 2 is 1.81 bits per heavy atom. The van der Waals surface area contributed by atoms with Gasteiger partial charge in [-0.15, -0.1) is 0 Å². The normalized spacial score (nSPS) is 14.7. The predicted molar refractivity (Wildman–Crippen MR) is 129 cm³/mol. The van der Waals surface area contributed by atoms with Crippen LogP contribution in [0.25, 0.3) is 0 Å². The van der Waals surface area contributed by atoms with Crippen LogP contribution in [0.4, 0.5) is 0 Å². The number of piperidine rings is 1. The lowest BCUT2D eigenvalue weighted by Crippen LogP contribution is -2.42. The standard InChI is InChI=1S/C27H36N2O3/c1-5-29(18-21(2)3)27(30)24-13-15-28(16-14-24)19-23-11-12-25(26(17-23)31-4)32-20-22-9-7-6-8-10-22/h6-12,17,24H,2,5,13-16,18-20H2,1,3-4H3. The molecule has 172 valence electrons. The van der Waals surface area contributed by atoms with Crippen LogP contribution in [0, 0.1) is 5.92 Å². The summed E-state index contributed by atoms with van der Waals surface area (Å²) in [4.78, 5) is 17.2. The van der Waals surface area contributed by atoms with Gasteiger partial charge in [0, 0.05) is 25.6 Å². The van der Waals surface area contributed by atoms with Crippen LogP contribution in [0.1, 0.15) is 37.8 Å². The van der Waals surface area contributed by atoms with E-state index in [1.807, 2.05) is 55.1 Å². The molecule has 0 N–H and O–H groups in total. The van der Waals surface area contributed by atoms with Crippen molar-refractivity contribution in [3.63, 3.8) is 0 Å². The molecule has 1 saturated heterocycles. The van der Waals surface area contributed by atoms with Crippen molar-refractivity contribution in [2.75, 3.05) is 33.3 Å². The fourth-order valence-electron chi connectivity index (χ4n) is 4.19. The molecule has 1 aliphatic heterocycles. The highest BCUT2D eigenvalue weighted by atomic mass is 16.5. The van der Waals surface area contributed by atoms with Gasteiger partial charge in [0.25, 0.3) is 0 Å². The molecule has 0 spiro atoms. The van der Waals surface area contributed by atoms with Gasteiger partial charge in [-0.05, 0) is 63.0 Å². The first kappa shape index (κ1) is 23.9. The van der Waals surface area contributed by atoms with Crippen molar-refractivity contribution in [1.29, 1.82) is 0 Å². The summed E-state index contributed by atoms with van der Waals surface area (Å²) in [7, 11) is 1.68. The van der Waals surface area contributed by atoms with Crippen LogP contribution in [-0.4, -0.2) is 49.0 Å². The molecule has 0 atom stereocenters. The molecule has 1 aliphatic rings. The van der Waals surface area contributed by atoms with Gasteiger partial charge in [0.05, 0.1) is 7.11 Å². The number of methoxy groups -OCH3 is 1. The summed E-state index contributed by atoms with van der Waals surface area (Å²) >= 11 is 0. The van der Waals surface area contributed by atoms with Crippen LogP contribution in [0.3, 0.4) is 0 Å². The maximum absolute atomic E-state index is 12.9. The Kier molecular flexibility index (Phi) is 8.74. The highest BCUT2D eigenvalue weighted by molar-refractivity contribution is 5.79. The molecule has 5 heteroatoms. The van der Waals surface area contributed by atoms with E-state index < -0.39 is 0 Å². The number of ether oxygens (including phenoxy) is 2. The number of likely N-dealkylation sites (N-methyl/N-ethyl adjacent to an activating group) is 1. The fraction of sp³-hybridized carbons (Fsp3) is 0.444. The average molecular weight is 437 g/mol. The third-order valence-corrected chi connectivity index (χ3v) is 5.96. The quantitative estimate of drug-likeness (QED) is 0.496. The second kappa shape index (κ2) is 11.7. The van der Waals surface area contributed by atoms with Gasteiger partial charge in [0.1, 0.15) is 6.61 Å². The van der Waals surface area contributed by atoms with E-state index >= 15 is 0 Å². The van der Waals surface area contributed by atoms with Crippen molar-refractivity contribution < 1.29 is 14.3 Å². The zero-order valence-electron chi connectivity index (χ0n) is 19.7. The molecule has 5 nitrogen and oxygen atoms in total. The van der Waals surface area contributed by atoms with Crippen LogP contribution >= 0.6 is 0 Å². The van der Waals surface area contributed by atoms with E-state index in [1.54, 1.807) is 7.11 Å². The first-order valence-electron chi connectivity index (χ1n) is 11.5. The van der Waals surface area contributed by atoms with Gasteiger partial charge in [0.15, 0.2) is 11.5 Å². The second-order valence-electron chi connectivity index (χ2n) is 8.62. The molecule has 0 radical (unpaired) electrons. The summed E-state index contributed by atoms with van der Waals surface area (Å²) in [6.45, 7) is 12.6. The number of likely N-dealkylation sites (tertiary alicyclic amines) is 1. The number of carbonyl (C=O) groups excluding carboxylic acids is 1. The van der Waals surface area contributed by atoms with E-state index in [1.165, 1.54) is 5.56 Å². The van der Waals surface area contributed by atoms with E-state index in [0.29, 0.717) is 13.2 Å². The maximum Gasteiger partial charge on any atom is 0.226 e. The molecule has 0 unspecified atom stereocenters. The molecule has 0 saturated carbocycles. The van der Waals surface area contributed by atoms with E-state index in [-0.39, 0.29) is 11.8 Å². The summed E-state index contributed by atoms with van der Waals surface area (Å²) in [5, 5.41) is 0. The van der Waals surface area contributed by atoms with Crippen molar-refractivity contribution in [2.24, 2.45) is 5.92 Å². The molecule has 0 aliphatic carbocycles. The van der Waals surface area contributed by atoms with E-state index in [2.05, 4.69) is 23.6 Å². The van der Waals surface area contributed by atoms with Gasteiger partial charge in [0.2, 0.25) is 5.91 Å². The number of hydrogen-bond donors (Lipinski definition) is 0. The minimum absolute atomic E-state index is 0.119. The lowest BCUT2D eigenvalue weighted by Gasteiger charge is -2.34. The molecule has 3 rings (SSSR count).